The van der Waals surface area contributed by atoms with Gasteiger partial charge in [0, 0.05) is 11.5 Å². The molecule has 0 aromatic rings. The Morgan fingerprint density at radius 2 is 1.39 bits per heavy atom. The normalized spacial score (nSPS) is 15.8. The number of hydrogen-bond acceptors (Lipinski definition) is 10. The summed E-state index contributed by atoms with van der Waals surface area (Å²) in [5.74, 6) is -2.97. The first-order valence-corrected chi connectivity index (χ1v) is 11.8. The molecular formula is C17H31N5O7S2. The Balaban J connectivity index is 4.70. The summed E-state index contributed by atoms with van der Waals surface area (Å²) in [6, 6.07) is -3.72. The first-order chi connectivity index (χ1) is 14.4. The van der Waals surface area contributed by atoms with Crippen LogP contribution >= 0.6 is 21.6 Å². The Morgan fingerprint density at radius 3 is 1.77 bits per heavy atom. The van der Waals surface area contributed by atoms with Crippen molar-refractivity contribution < 1.29 is 34.2 Å². The van der Waals surface area contributed by atoms with Crippen molar-refractivity contribution in [2.75, 3.05) is 25.6 Å². The average Bonchev–Trinajstić information content (AvgIpc) is 2.67. The van der Waals surface area contributed by atoms with E-state index in [0.29, 0.717) is 0 Å². The third-order valence-corrected chi connectivity index (χ3v) is 6.58. The number of aliphatic carboxylic acids is 1. The average molecular weight is 482 g/mol. The smallest absolute Gasteiger partial charge is 0.305 e. The number of carbonyl (C=O) groups excluding carboxylic acids is 4. The third-order valence-electron chi connectivity index (χ3n) is 4.16. The molecule has 178 valence electrons. The van der Waals surface area contributed by atoms with E-state index >= 15 is 0 Å². The van der Waals surface area contributed by atoms with Crippen molar-refractivity contribution in [3.8, 4) is 0 Å². The van der Waals surface area contributed by atoms with Crippen molar-refractivity contribution in [1.29, 1.82) is 0 Å². The molecule has 0 rings (SSSR count). The number of amides is 3. The Morgan fingerprint density at radius 1 is 0.903 bits per heavy atom. The summed E-state index contributed by atoms with van der Waals surface area (Å²) in [6.07, 6.45) is -1.57. The molecule has 0 heterocycles. The quantitative estimate of drug-likeness (QED) is 0.0903. The second kappa shape index (κ2) is 15.0. The molecule has 14 heteroatoms. The van der Waals surface area contributed by atoms with Crippen LogP contribution in [0.2, 0.25) is 0 Å². The molecule has 0 aromatic heterocycles. The lowest BCUT2D eigenvalue weighted by Crippen LogP contribution is -2.55. The summed E-state index contributed by atoms with van der Waals surface area (Å²) in [5, 5.41) is 28.7. The Labute approximate surface area is 188 Å². The second-order valence-electron chi connectivity index (χ2n) is 6.65. The highest BCUT2D eigenvalue weighted by Crippen LogP contribution is 2.23. The number of rotatable bonds is 16. The minimum Gasteiger partial charge on any atom is -0.481 e. The first kappa shape index (κ1) is 29.1. The summed E-state index contributed by atoms with van der Waals surface area (Å²) >= 11 is 0. The van der Waals surface area contributed by atoms with Crippen molar-refractivity contribution >= 4 is 51.1 Å². The van der Waals surface area contributed by atoms with Crippen molar-refractivity contribution in [1.82, 2.24) is 21.3 Å². The number of carboxylic acid groups (broad SMARTS) is 1. The highest BCUT2D eigenvalue weighted by Gasteiger charge is 2.27. The Bertz CT molecular complexity index is 650. The number of primary amides is 1. The first-order valence-electron chi connectivity index (χ1n) is 9.33. The van der Waals surface area contributed by atoms with E-state index in [1.807, 2.05) is 0 Å². The molecular weight excluding hydrogens is 450 g/mol. The number of nitrogens with one attached hydrogen (secondary N) is 4. The van der Waals surface area contributed by atoms with Gasteiger partial charge < -0.3 is 37.2 Å². The van der Waals surface area contributed by atoms with Gasteiger partial charge in [-0.05, 0) is 27.9 Å². The topological polar surface area (TPSA) is 200 Å². The van der Waals surface area contributed by atoms with E-state index in [0.717, 1.165) is 0 Å². The van der Waals surface area contributed by atoms with Crippen molar-refractivity contribution in [3.05, 3.63) is 0 Å². The Kier molecular flexibility index (Phi) is 14.1. The zero-order chi connectivity index (χ0) is 24.1. The Hall–Kier alpha value is -1.87. The number of carboxylic acids is 1. The van der Waals surface area contributed by atoms with Gasteiger partial charge in [0.15, 0.2) is 5.78 Å². The van der Waals surface area contributed by atoms with Crippen LogP contribution in [-0.2, 0) is 24.0 Å². The standard InChI is InChI=1S/C17H31N5O7S2/c1-8(23)11(21-16(28)10(19-3)5-13(25)26)6-30-31-7-12(20-4)17(29)22-14(9(2)24)15(18)27/h9-12,14,19-20,24H,5-7H2,1-4H3,(H2,18,27)(H,21,28)(H,22,29)(H,25,26)/t9-,10+,11+,12+,14+/m1/s1. The van der Waals surface area contributed by atoms with Gasteiger partial charge in [-0.25, -0.2) is 0 Å². The molecule has 0 bridgehead atoms. The predicted molar refractivity (Wildman–Crippen MR) is 118 cm³/mol. The summed E-state index contributed by atoms with van der Waals surface area (Å²) in [7, 11) is 5.50. The van der Waals surface area contributed by atoms with Gasteiger partial charge in [-0.3, -0.25) is 24.0 Å². The van der Waals surface area contributed by atoms with Crippen LogP contribution in [0.4, 0.5) is 0 Å². The fourth-order valence-electron chi connectivity index (χ4n) is 2.24. The number of likely N-dealkylation sites (N-methyl/N-ethyl adjacent to an activating group) is 2. The lowest BCUT2D eigenvalue weighted by Gasteiger charge is -2.22. The van der Waals surface area contributed by atoms with Crippen LogP contribution in [0.3, 0.4) is 0 Å². The molecule has 8 N–H and O–H groups in total. The molecule has 0 spiro atoms. The van der Waals surface area contributed by atoms with E-state index in [-0.39, 0.29) is 17.3 Å². The van der Waals surface area contributed by atoms with Crippen LogP contribution in [0.1, 0.15) is 20.3 Å². The minimum absolute atomic E-state index is 0.199. The monoisotopic (exact) mass is 481 g/mol. The fraction of sp³-hybridized carbons (Fsp3) is 0.706. The lowest BCUT2D eigenvalue weighted by molar-refractivity contribution is -0.140. The zero-order valence-corrected chi connectivity index (χ0v) is 19.5. The fourth-order valence-corrected chi connectivity index (χ4v) is 4.73. The van der Waals surface area contributed by atoms with Gasteiger partial charge in [0.05, 0.1) is 30.7 Å². The molecule has 0 aromatic carbocycles. The SMILES string of the molecule is CN[C@@H](CC(=O)O)C(=O)N[C@@H](CSSC[C@H](NC)C(=O)N[C@H](C(N)=O)[C@@H](C)O)C(C)=O. The largest absolute Gasteiger partial charge is 0.481 e. The van der Waals surface area contributed by atoms with Gasteiger partial charge >= 0.3 is 5.97 Å². The highest BCUT2D eigenvalue weighted by molar-refractivity contribution is 8.76. The molecule has 0 radical (unpaired) electrons. The van der Waals surface area contributed by atoms with Gasteiger partial charge in [0.2, 0.25) is 17.7 Å². The van der Waals surface area contributed by atoms with E-state index in [4.69, 9.17) is 10.8 Å². The minimum atomic E-state index is -1.22. The second-order valence-corrected chi connectivity index (χ2v) is 9.20. The number of aliphatic hydroxyl groups is 1. The molecule has 5 atom stereocenters. The van der Waals surface area contributed by atoms with Crippen LogP contribution in [0.25, 0.3) is 0 Å². The van der Waals surface area contributed by atoms with Crippen LogP contribution in [0.5, 0.6) is 0 Å². The molecule has 0 saturated heterocycles. The number of Topliss-reactive ketones (excluding diaryl/α,β-unsaturated/α-hetero) is 1. The highest BCUT2D eigenvalue weighted by atomic mass is 33.1. The molecule has 0 saturated carbocycles. The van der Waals surface area contributed by atoms with Crippen LogP contribution in [-0.4, -0.2) is 95.6 Å². The lowest BCUT2D eigenvalue weighted by atomic mass is 10.1. The molecule has 0 aliphatic carbocycles. The number of carbonyl (C=O) groups is 5. The molecule has 12 nitrogen and oxygen atoms in total. The molecule has 0 aliphatic heterocycles. The van der Waals surface area contributed by atoms with Crippen LogP contribution < -0.4 is 27.0 Å². The van der Waals surface area contributed by atoms with Gasteiger partial charge in [0.1, 0.15) is 6.04 Å². The zero-order valence-electron chi connectivity index (χ0n) is 17.8. The van der Waals surface area contributed by atoms with E-state index in [1.54, 1.807) is 7.05 Å². The van der Waals surface area contributed by atoms with E-state index in [2.05, 4.69) is 21.3 Å². The van der Waals surface area contributed by atoms with Crippen molar-refractivity contribution in [2.45, 2.75) is 50.5 Å². The number of hydrogen-bond donors (Lipinski definition) is 7. The maximum absolute atomic E-state index is 12.3. The molecule has 0 aliphatic rings. The summed E-state index contributed by atoms with van der Waals surface area (Å²) in [6.45, 7) is 2.64. The van der Waals surface area contributed by atoms with Gasteiger partial charge in [-0.2, -0.15) is 0 Å². The number of aliphatic hydroxyl groups excluding tert-OH is 1. The van der Waals surface area contributed by atoms with E-state index in [1.165, 1.54) is 42.5 Å². The van der Waals surface area contributed by atoms with E-state index < -0.39 is 60.4 Å². The predicted octanol–water partition coefficient (Wildman–Crippen LogP) is -2.56. The molecule has 0 fully saturated rings. The molecule has 31 heavy (non-hydrogen) atoms. The molecule has 3 amide bonds. The third kappa shape index (κ3) is 11.4. The van der Waals surface area contributed by atoms with Crippen molar-refractivity contribution in [3.63, 3.8) is 0 Å². The maximum atomic E-state index is 12.3. The number of ketones is 1. The van der Waals surface area contributed by atoms with Gasteiger partial charge in [-0.1, -0.05) is 21.6 Å². The summed E-state index contributed by atoms with van der Waals surface area (Å²) in [4.78, 5) is 58.5. The van der Waals surface area contributed by atoms with E-state index in [9.17, 15) is 29.1 Å². The van der Waals surface area contributed by atoms with Crippen LogP contribution in [0.15, 0.2) is 0 Å². The summed E-state index contributed by atoms with van der Waals surface area (Å²) in [5.41, 5.74) is 5.16. The molecule has 0 unspecified atom stereocenters. The number of nitrogens with two attached hydrogens (primary N) is 1. The van der Waals surface area contributed by atoms with Crippen LogP contribution in [0, 0.1) is 0 Å². The summed E-state index contributed by atoms with van der Waals surface area (Å²) < 4.78 is 0. The van der Waals surface area contributed by atoms with Gasteiger partial charge in [0.25, 0.3) is 0 Å². The maximum Gasteiger partial charge on any atom is 0.305 e. The van der Waals surface area contributed by atoms with Crippen molar-refractivity contribution in [2.24, 2.45) is 5.73 Å². The van der Waals surface area contributed by atoms with Gasteiger partial charge in [-0.15, -0.1) is 0 Å².